The fourth-order valence-corrected chi connectivity index (χ4v) is 5.89. The molecule has 0 fully saturated rings. The highest BCUT2D eigenvalue weighted by atomic mass is 16.4. The quantitative estimate of drug-likeness (QED) is 0.188. The first-order valence-electron chi connectivity index (χ1n) is 15.8. The Bertz CT molecular complexity index is 1560. The van der Waals surface area contributed by atoms with E-state index in [0.29, 0.717) is 23.6 Å². The Hall–Kier alpha value is -3.40. The molecular formula is C38H48N2O2. The van der Waals surface area contributed by atoms with Crippen LogP contribution in [0.25, 0.3) is 45.1 Å². The molecule has 0 amide bonds. The summed E-state index contributed by atoms with van der Waals surface area (Å²) in [5.41, 5.74) is 10.7. The molecule has 2 aromatic heterocycles. The van der Waals surface area contributed by atoms with Gasteiger partial charge in [0, 0.05) is 22.3 Å². The van der Waals surface area contributed by atoms with Gasteiger partial charge in [0.15, 0.2) is 11.2 Å². The van der Waals surface area contributed by atoms with Crippen LogP contribution in [0, 0.1) is 0 Å². The summed E-state index contributed by atoms with van der Waals surface area (Å²) in [6.45, 7) is 22.6. The van der Waals surface area contributed by atoms with Gasteiger partial charge in [-0.1, -0.05) is 94.2 Å². The maximum Gasteiger partial charge on any atom is 0.227 e. The second kappa shape index (κ2) is 11.4. The predicted molar refractivity (Wildman–Crippen MR) is 176 cm³/mol. The molecule has 5 rings (SSSR count). The first-order valence-corrected chi connectivity index (χ1v) is 15.8. The molecule has 0 N–H and O–H groups in total. The van der Waals surface area contributed by atoms with Crippen LogP contribution in [0.3, 0.4) is 0 Å². The van der Waals surface area contributed by atoms with Crippen LogP contribution in [-0.4, -0.2) is 9.97 Å². The van der Waals surface area contributed by atoms with Gasteiger partial charge in [-0.2, -0.15) is 0 Å². The molecule has 222 valence electrons. The van der Waals surface area contributed by atoms with Crippen molar-refractivity contribution in [2.45, 2.75) is 118 Å². The highest BCUT2D eigenvalue weighted by molar-refractivity contribution is 5.83. The lowest BCUT2D eigenvalue weighted by atomic mass is 9.83. The van der Waals surface area contributed by atoms with Crippen LogP contribution in [-0.2, 0) is 10.8 Å². The summed E-state index contributed by atoms with van der Waals surface area (Å²) in [7, 11) is 0. The van der Waals surface area contributed by atoms with E-state index in [1.807, 2.05) is 0 Å². The van der Waals surface area contributed by atoms with E-state index < -0.39 is 0 Å². The molecule has 4 nitrogen and oxygen atoms in total. The van der Waals surface area contributed by atoms with Crippen LogP contribution >= 0.6 is 0 Å². The van der Waals surface area contributed by atoms with Crippen molar-refractivity contribution in [1.82, 2.24) is 9.97 Å². The van der Waals surface area contributed by atoms with E-state index in [9.17, 15) is 0 Å². The highest BCUT2D eigenvalue weighted by Crippen LogP contribution is 2.39. The normalized spacial score (nSPS) is 14.1. The topological polar surface area (TPSA) is 52.1 Å². The SMILES string of the molecule is CCCC(C)c1cc(C(C)(C)C)cc2nc(-c3ccc(-c4nc5cc(C(C)(C)C)cc(C(C)CCC)c5o4)cc3)oc12. The summed E-state index contributed by atoms with van der Waals surface area (Å²) in [5.74, 6) is 2.11. The minimum Gasteiger partial charge on any atom is -0.436 e. The molecule has 0 saturated heterocycles. The van der Waals surface area contributed by atoms with Gasteiger partial charge in [0.05, 0.1) is 0 Å². The lowest BCUT2D eigenvalue weighted by Gasteiger charge is -2.21. The minimum atomic E-state index is 0.0388. The average molecular weight is 565 g/mol. The summed E-state index contributed by atoms with van der Waals surface area (Å²) in [4.78, 5) is 9.95. The molecule has 0 bridgehead atoms. The molecule has 0 aliphatic carbocycles. The van der Waals surface area contributed by atoms with E-state index in [-0.39, 0.29) is 10.8 Å². The van der Waals surface area contributed by atoms with Crippen molar-refractivity contribution in [1.29, 1.82) is 0 Å². The molecule has 2 heterocycles. The van der Waals surface area contributed by atoms with E-state index in [2.05, 4.69) is 118 Å². The number of fused-ring (bicyclic) bond motifs is 2. The molecular weight excluding hydrogens is 516 g/mol. The fourth-order valence-electron chi connectivity index (χ4n) is 5.89. The van der Waals surface area contributed by atoms with Crippen molar-refractivity contribution in [3.05, 3.63) is 70.8 Å². The van der Waals surface area contributed by atoms with Crippen LogP contribution < -0.4 is 0 Å². The molecule has 2 unspecified atom stereocenters. The molecule has 42 heavy (non-hydrogen) atoms. The molecule has 5 aromatic rings. The lowest BCUT2D eigenvalue weighted by molar-refractivity contribution is 0.579. The number of benzene rings is 3. The Morgan fingerprint density at radius 3 is 1.26 bits per heavy atom. The van der Waals surface area contributed by atoms with Gasteiger partial charge in [0.1, 0.15) is 11.0 Å². The van der Waals surface area contributed by atoms with E-state index in [0.717, 1.165) is 59.0 Å². The van der Waals surface area contributed by atoms with E-state index in [4.69, 9.17) is 18.8 Å². The molecule has 0 aliphatic rings. The average Bonchev–Trinajstić information content (AvgIpc) is 3.56. The maximum absolute atomic E-state index is 6.47. The Morgan fingerprint density at radius 1 is 0.595 bits per heavy atom. The summed E-state index contributed by atoms with van der Waals surface area (Å²) in [5, 5.41) is 0. The minimum absolute atomic E-state index is 0.0388. The number of aromatic nitrogens is 2. The van der Waals surface area contributed by atoms with Crippen LogP contribution in [0.4, 0.5) is 0 Å². The molecule has 0 radical (unpaired) electrons. The van der Waals surface area contributed by atoms with Crippen molar-refractivity contribution < 1.29 is 8.83 Å². The summed E-state index contributed by atoms with van der Waals surface area (Å²) < 4.78 is 12.9. The fraction of sp³-hybridized carbons (Fsp3) is 0.474. The predicted octanol–water partition coefficient (Wildman–Crippen LogP) is 11.7. The van der Waals surface area contributed by atoms with E-state index >= 15 is 0 Å². The third-order valence-corrected chi connectivity index (χ3v) is 8.65. The molecule has 3 aromatic carbocycles. The first-order chi connectivity index (χ1) is 19.8. The molecule has 2 atom stereocenters. The summed E-state index contributed by atoms with van der Waals surface area (Å²) in [6, 6.07) is 17.3. The zero-order valence-corrected chi connectivity index (χ0v) is 27.3. The third-order valence-electron chi connectivity index (χ3n) is 8.65. The zero-order chi connectivity index (χ0) is 30.4. The molecule has 0 aliphatic heterocycles. The van der Waals surface area contributed by atoms with Crippen molar-refractivity contribution in [3.8, 4) is 22.9 Å². The zero-order valence-electron chi connectivity index (χ0n) is 27.3. The molecule has 4 heteroatoms. The van der Waals surface area contributed by atoms with Gasteiger partial charge in [0.25, 0.3) is 0 Å². The number of nitrogens with zero attached hydrogens (tertiary/aromatic N) is 2. The van der Waals surface area contributed by atoms with E-state index in [1.54, 1.807) is 0 Å². The Kier molecular flexibility index (Phi) is 8.13. The van der Waals surface area contributed by atoms with Crippen molar-refractivity contribution in [3.63, 3.8) is 0 Å². The Morgan fingerprint density at radius 2 is 0.952 bits per heavy atom. The van der Waals surface area contributed by atoms with Gasteiger partial charge in [-0.15, -0.1) is 0 Å². The van der Waals surface area contributed by atoms with Crippen LogP contribution in [0.15, 0.2) is 57.4 Å². The van der Waals surface area contributed by atoms with Gasteiger partial charge >= 0.3 is 0 Å². The van der Waals surface area contributed by atoms with Gasteiger partial charge in [-0.05, 0) is 83.0 Å². The van der Waals surface area contributed by atoms with Crippen molar-refractivity contribution >= 4 is 22.2 Å². The first kappa shape index (κ1) is 30.1. The Labute approximate surface area is 252 Å². The van der Waals surface area contributed by atoms with Crippen molar-refractivity contribution in [2.24, 2.45) is 0 Å². The smallest absolute Gasteiger partial charge is 0.227 e. The van der Waals surface area contributed by atoms with Crippen LogP contribution in [0.2, 0.25) is 0 Å². The largest absolute Gasteiger partial charge is 0.436 e. The van der Waals surface area contributed by atoms with Crippen LogP contribution in [0.5, 0.6) is 0 Å². The second-order valence-electron chi connectivity index (χ2n) is 14.3. The number of hydrogen-bond donors (Lipinski definition) is 0. The lowest BCUT2D eigenvalue weighted by Crippen LogP contribution is -2.12. The van der Waals surface area contributed by atoms with Gasteiger partial charge < -0.3 is 8.83 Å². The highest BCUT2D eigenvalue weighted by Gasteiger charge is 2.24. The van der Waals surface area contributed by atoms with E-state index in [1.165, 1.54) is 22.3 Å². The molecule has 0 saturated carbocycles. The Balaban J connectivity index is 1.54. The summed E-state index contributed by atoms with van der Waals surface area (Å²) >= 11 is 0. The monoisotopic (exact) mass is 564 g/mol. The standard InChI is InChI=1S/C38H48N2O2/c1-11-13-23(3)29-19-27(37(5,6)7)21-31-33(29)41-35(39-31)25-15-17-26(18-16-25)36-40-32-22-28(38(8,9)10)20-30(34(32)42-36)24(4)14-12-2/h15-24H,11-14H2,1-10H3. The van der Waals surface area contributed by atoms with Gasteiger partial charge in [-0.3, -0.25) is 0 Å². The second-order valence-corrected chi connectivity index (χ2v) is 14.3. The third kappa shape index (κ3) is 5.91. The van der Waals surface area contributed by atoms with Crippen molar-refractivity contribution in [2.75, 3.05) is 0 Å². The number of hydrogen-bond acceptors (Lipinski definition) is 4. The van der Waals surface area contributed by atoms with Crippen LogP contribution in [0.1, 0.15) is 129 Å². The van der Waals surface area contributed by atoms with Gasteiger partial charge in [0.2, 0.25) is 11.8 Å². The number of rotatable bonds is 8. The number of oxazole rings is 2. The summed E-state index contributed by atoms with van der Waals surface area (Å²) in [6.07, 6.45) is 4.51. The molecule has 0 spiro atoms. The maximum atomic E-state index is 6.47. The van der Waals surface area contributed by atoms with Gasteiger partial charge in [-0.25, -0.2) is 9.97 Å².